The zero-order valence-corrected chi connectivity index (χ0v) is 14.2. The second-order valence-corrected chi connectivity index (χ2v) is 5.57. The van der Waals surface area contributed by atoms with Crippen LogP contribution in [-0.2, 0) is 6.54 Å². The van der Waals surface area contributed by atoms with Gasteiger partial charge < -0.3 is 10.2 Å². The molecule has 2 aromatic rings. The summed E-state index contributed by atoms with van der Waals surface area (Å²) in [6.07, 6.45) is 0.824. The number of nitrogens with zero attached hydrogens (tertiary/aromatic N) is 3. The quantitative estimate of drug-likeness (QED) is 0.921. The Labute approximate surface area is 136 Å². The summed E-state index contributed by atoms with van der Waals surface area (Å²) < 4.78 is 1.68. The number of urea groups is 1. The van der Waals surface area contributed by atoms with Crippen LogP contribution in [0.15, 0.2) is 29.1 Å². The van der Waals surface area contributed by atoms with Crippen molar-refractivity contribution >= 4 is 16.9 Å². The van der Waals surface area contributed by atoms with E-state index in [-0.39, 0.29) is 17.6 Å². The first-order chi connectivity index (χ1) is 11.0. The summed E-state index contributed by atoms with van der Waals surface area (Å²) >= 11 is 0. The van der Waals surface area contributed by atoms with Crippen LogP contribution in [0.4, 0.5) is 4.79 Å². The van der Waals surface area contributed by atoms with Crippen molar-refractivity contribution in [1.29, 1.82) is 0 Å². The van der Waals surface area contributed by atoms with E-state index in [1.54, 1.807) is 22.6 Å². The fourth-order valence-electron chi connectivity index (χ4n) is 2.57. The number of benzene rings is 1. The van der Waals surface area contributed by atoms with Crippen molar-refractivity contribution in [2.24, 2.45) is 0 Å². The summed E-state index contributed by atoms with van der Waals surface area (Å²) in [4.78, 5) is 31.1. The van der Waals surface area contributed by atoms with E-state index >= 15 is 0 Å². The first-order valence-electron chi connectivity index (χ1n) is 8.01. The monoisotopic (exact) mass is 316 g/mol. The van der Waals surface area contributed by atoms with Crippen LogP contribution in [0.1, 0.15) is 39.1 Å². The average Bonchev–Trinajstić information content (AvgIpc) is 2.56. The number of nitrogens with one attached hydrogen (secondary N) is 1. The van der Waals surface area contributed by atoms with E-state index in [0.29, 0.717) is 29.8 Å². The molecule has 0 aliphatic heterocycles. The highest BCUT2D eigenvalue weighted by Gasteiger charge is 2.22. The number of amides is 2. The molecule has 0 radical (unpaired) electrons. The molecule has 0 aliphatic carbocycles. The molecule has 6 heteroatoms. The Balaban J connectivity index is 2.55. The molecule has 1 atom stereocenters. The lowest BCUT2D eigenvalue weighted by atomic mass is 10.2. The molecule has 6 nitrogen and oxygen atoms in total. The van der Waals surface area contributed by atoms with Gasteiger partial charge in [0.05, 0.1) is 16.9 Å². The van der Waals surface area contributed by atoms with Gasteiger partial charge in [0.1, 0.15) is 5.82 Å². The molecule has 0 spiro atoms. The molecule has 0 saturated carbocycles. The predicted molar refractivity (Wildman–Crippen MR) is 91.5 cm³/mol. The second-order valence-electron chi connectivity index (χ2n) is 5.57. The van der Waals surface area contributed by atoms with Crippen LogP contribution < -0.4 is 10.9 Å². The molecule has 1 unspecified atom stereocenters. The first-order valence-corrected chi connectivity index (χ1v) is 8.01. The lowest BCUT2D eigenvalue weighted by molar-refractivity contribution is 0.191. The number of hydrogen-bond acceptors (Lipinski definition) is 3. The molecule has 2 amide bonds. The first kappa shape index (κ1) is 17.0. The van der Waals surface area contributed by atoms with Crippen molar-refractivity contribution in [3.05, 3.63) is 40.4 Å². The fourth-order valence-corrected chi connectivity index (χ4v) is 2.57. The highest BCUT2D eigenvalue weighted by atomic mass is 16.2. The summed E-state index contributed by atoms with van der Waals surface area (Å²) in [5, 5.41) is 3.38. The lowest BCUT2D eigenvalue weighted by Gasteiger charge is -2.27. The standard InChI is InChI=1S/C17H24N4O2/c1-5-11-21-15(12(3)20(4)17(23)18-6-2)19-14-10-8-7-9-13(14)16(21)22/h7-10,12H,5-6,11H2,1-4H3,(H,18,23). The number of carbonyl (C=O) groups is 1. The molecule has 0 aliphatic rings. The van der Waals surface area contributed by atoms with Gasteiger partial charge in [-0.2, -0.15) is 0 Å². The summed E-state index contributed by atoms with van der Waals surface area (Å²) in [5.41, 5.74) is 0.611. The Morgan fingerprint density at radius 2 is 2.04 bits per heavy atom. The summed E-state index contributed by atoms with van der Waals surface area (Å²) in [6.45, 7) is 6.92. The number of rotatable bonds is 5. The molecule has 23 heavy (non-hydrogen) atoms. The van der Waals surface area contributed by atoms with Crippen LogP contribution in [0.3, 0.4) is 0 Å². The summed E-state index contributed by atoms with van der Waals surface area (Å²) in [7, 11) is 1.72. The number of fused-ring (bicyclic) bond motifs is 1. The molecule has 1 aromatic carbocycles. The molecular formula is C17H24N4O2. The van der Waals surface area contributed by atoms with Crippen molar-refractivity contribution in [1.82, 2.24) is 19.8 Å². The van der Waals surface area contributed by atoms with Gasteiger partial charge in [0.2, 0.25) is 0 Å². The molecule has 2 rings (SSSR count). The maximum atomic E-state index is 12.8. The molecule has 124 valence electrons. The Morgan fingerprint density at radius 3 is 2.70 bits per heavy atom. The Kier molecular flexibility index (Phi) is 5.36. The SMILES string of the molecule is CCCn1c(C(C)N(C)C(=O)NCC)nc2ccccc2c1=O. The maximum absolute atomic E-state index is 12.8. The van der Waals surface area contributed by atoms with Gasteiger partial charge in [-0.3, -0.25) is 9.36 Å². The van der Waals surface area contributed by atoms with E-state index in [2.05, 4.69) is 10.3 Å². The van der Waals surface area contributed by atoms with E-state index in [1.165, 1.54) is 0 Å². The molecule has 0 fully saturated rings. The predicted octanol–water partition coefficient (Wildman–Crippen LogP) is 2.53. The third kappa shape index (κ3) is 3.36. The molecule has 0 saturated heterocycles. The Bertz CT molecular complexity index is 754. The number of para-hydroxylation sites is 1. The minimum absolute atomic E-state index is 0.0522. The minimum Gasteiger partial charge on any atom is -0.338 e. The van der Waals surface area contributed by atoms with Crippen LogP contribution in [0.25, 0.3) is 10.9 Å². The van der Waals surface area contributed by atoms with Gasteiger partial charge in [0.15, 0.2) is 0 Å². The minimum atomic E-state index is -0.301. The van der Waals surface area contributed by atoms with E-state index in [0.717, 1.165) is 6.42 Å². The normalized spacial score (nSPS) is 12.2. The molecular weight excluding hydrogens is 292 g/mol. The Hall–Kier alpha value is -2.37. The van der Waals surface area contributed by atoms with Crippen LogP contribution in [-0.4, -0.2) is 34.1 Å². The van der Waals surface area contributed by atoms with Gasteiger partial charge in [-0.25, -0.2) is 9.78 Å². The zero-order valence-electron chi connectivity index (χ0n) is 14.2. The van der Waals surface area contributed by atoms with E-state index in [9.17, 15) is 9.59 Å². The zero-order chi connectivity index (χ0) is 17.0. The summed E-state index contributed by atoms with van der Waals surface area (Å²) in [6, 6.07) is 6.84. The molecule has 1 N–H and O–H groups in total. The van der Waals surface area contributed by atoms with Gasteiger partial charge in [0.25, 0.3) is 5.56 Å². The lowest BCUT2D eigenvalue weighted by Crippen LogP contribution is -2.41. The number of hydrogen-bond donors (Lipinski definition) is 1. The third-order valence-corrected chi connectivity index (χ3v) is 3.94. The van der Waals surface area contributed by atoms with Gasteiger partial charge in [0, 0.05) is 20.1 Å². The number of aromatic nitrogens is 2. The van der Waals surface area contributed by atoms with Crippen molar-refractivity contribution < 1.29 is 4.79 Å². The molecule has 1 heterocycles. The van der Waals surface area contributed by atoms with E-state index in [4.69, 9.17) is 0 Å². The van der Waals surface area contributed by atoms with Crippen molar-refractivity contribution in [3.63, 3.8) is 0 Å². The summed E-state index contributed by atoms with van der Waals surface area (Å²) in [5.74, 6) is 0.615. The van der Waals surface area contributed by atoms with E-state index in [1.807, 2.05) is 39.0 Å². The van der Waals surface area contributed by atoms with Crippen LogP contribution in [0.2, 0.25) is 0 Å². The van der Waals surface area contributed by atoms with Gasteiger partial charge in [-0.1, -0.05) is 19.1 Å². The van der Waals surface area contributed by atoms with Crippen molar-refractivity contribution in [3.8, 4) is 0 Å². The Morgan fingerprint density at radius 1 is 1.35 bits per heavy atom. The fraction of sp³-hybridized carbons (Fsp3) is 0.471. The van der Waals surface area contributed by atoms with Gasteiger partial charge in [-0.15, -0.1) is 0 Å². The third-order valence-electron chi connectivity index (χ3n) is 3.94. The second kappa shape index (κ2) is 7.26. The van der Waals surface area contributed by atoms with Crippen LogP contribution >= 0.6 is 0 Å². The largest absolute Gasteiger partial charge is 0.338 e. The van der Waals surface area contributed by atoms with Gasteiger partial charge in [-0.05, 0) is 32.4 Å². The highest BCUT2D eigenvalue weighted by Crippen LogP contribution is 2.19. The molecule has 1 aromatic heterocycles. The van der Waals surface area contributed by atoms with Crippen molar-refractivity contribution in [2.75, 3.05) is 13.6 Å². The molecule has 0 bridgehead atoms. The highest BCUT2D eigenvalue weighted by molar-refractivity contribution is 5.77. The topological polar surface area (TPSA) is 67.2 Å². The van der Waals surface area contributed by atoms with E-state index < -0.39 is 0 Å². The van der Waals surface area contributed by atoms with Crippen molar-refractivity contribution in [2.45, 2.75) is 39.8 Å². The number of carbonyl (C=O) groups excluding carboxylic acids is 1. The maximum Gasteiger partial charge on any atom is 0.317 e. The smallest absolute Gasteiger partial charge is 0.317 e. The van der Waals surface area contributed by atoms with Gasteiger partial charge >= 0.3 is 6.03 Å². The van der Waals surface area contributed by atoms with Crippen LogP contribution in [0.5, 0.6) is 0 Å². The van der Waals surface area contributed by atoms with Crippen LogP contribution in [0, 0.1) is 0 Å². The average molecular weight is 316 g/mol.